The van der Waals surface area contributed by atoms with E-state index in [0.29, 0.717) is 39.4 Å². The summed E-state index contributed by atoms with van der Waals surface area (Å²) >= 11 is 3.45. The number of hydrogen-bond donors (Lipinski definition) is 2. The second-order valence-electron chi connectivity index (χ2n) is 7.05. The Bertz CT molecular complexity index is 1150. The highest BCUT2D eigenvalue weighted by atomic mass is 79.9. The van der Waals surface area contributed by atoms with Crippen molar-refractivity contribution in [1.29, 1.82) is 0 Å². The van der Waals surface area contributed by atoms with Crippen LogP contribution >= 0.6 is 15.9 Å². The molecule has 3 aromatic carbocycles. The van der Waals surface area contributed by atoms with Gasteiger partial charge in [-0.1, -0.05) is 30.3 Å². The molecule has 2 amide bonds. The number of hydrazone groups is 1. The minimum absolute atomic E-state index is 0.0702. The summed E-state index contributed by atoms with van der Waals surface area (Å²) in [6.45, 7) is 2.02. The largest absolute Gasteiger partial charge is 0.490 e. The van der Waals surface area contributed by atoms with E-state index in [1.165, 1.54) is 18.3 Å². The number of carbonyl (C=O) groups is 2. The molecule has 34 heavy (non-hydrogen) atoms. The van der Waals surface area contributed by atoms with Crippen molar-refractivity contribution in [3.63, 3.8) is 0 Å². The van der Waals surface area contributed by atoms with Gasteiger partial charge in [-0.3, -0.25) is 9.59 Å². The molecule has 0 spiro atoms. The number of nitrogens with zero attached hydrogens (tertiary/aromatic N) is 1. The fourth-order valence-electron chi connectivity index (χ4n) is 2.89. The first-order chi connectivity index (χ1) is 16.4. The van der Waals surface area contributed by atoms with Crippen molar-refractivity contribution >= 4 is 39.6 Å². The Morgan fingerprint density at radius 1 is 1.00 bits per heavy atom. The SMILES string of the molecule is CCOc1cc(/C=N/NC(=O)Cc2ccc(F)cc2)c(Br)cc1OCC(=O)Nc1ccccc1. The van der Waals surface area contributed by atoms with E-state index < -0.39 is 0 Å². The maximum absolute atomic E-state index is 13.0. The van der Waals surface area contributed by atoms with Gasteiger partial charge in [0.05, 0.1) is 19.2 Å². The number of benzene rings is 3. The van der Waals surface area contributed by atoms with E-state index in [2.05, 4.69) is 31.8 Å². The van der Waals surface area contributed by atoms with Crippen molar-refractivity contribution in [1.82, 2.24) is 5.43 Å². The first kappa shape index (κ1) is 24.9. The van der Waals surface area contributed by atoms with Crippen molar-refractivity contribution < 1.29 is 23.5 Å². The summed E-state index contributed by atoms with van der Waals surface area (Å²) in [7, 11) is 0. The predicted octanol–water partition coefficient (Wildman–Crippen LogP) is 4.70. The molecule has 0 radical (unpaired) electrons. The molecule has 0 fully saturated rings. The fraction of sp³-hybridized carbons (Fsp3) is 0.160. The number of halogens is 2. The molecule has 7 nitrogen and oxygen atoms in total. The molecule has 0 atom stereocenters. The molecule has 0 heterocycles. The highest BCUT2D eigenvalue weighted by Crippen LogP contribution is 2.33. The molecule has 0 unspecified atom stereocenters. The third kappa shape index (κ3) is 7.70. The minimum atomic E-state index is -0.360. The lowest BCUT2D eigenvalue weighted by molar-refractivity contribution is -0.120. The van der Waals surface area contributed by atoms with Gasteiger partial charge in [0.1, 0.15) is 5.82 Å². The topological polar surface area (TPSA) is 89.0 Å². The third-order valence-electron chi connectivity index (χ3n) is 4.45. The average molecular weight is 528 g/mol. The smallest absolute Gasteiger partial charge is 0.262 e. The van der Waals surface area contributed by atoms with E-state index in [4.69, 9.17) is 9.47 Å². The molecule has 0 aliphatic heterocycles. The molecule has 3 aromatic rings. The van der Waals surface area contributed by atoms with Crippen LogP contribution < -0.4 is 20.2 Å². The molecule has 0 bridgehead atoms. The van der Waals surface area contributed by atoms with Gasteiger partial charge in [-0.15, -0.1) is 0 Å². The average Bonchev–Trinajstić information content (AvgIpc) is 2.82. The van der Waals surface area contributed by atoms with Crippen molar-refractivity contribution in [3.8, 4) is 11.5 Å². The van der Waals surface area contributed by atoms with E-state index in [0.717, 1.165) is 0 Å². The number of rotatable bonds is 10. The molecule has 0 aromatic heterocycles. The van der Waals surface area contributed by atoms with Crippen molar-refractivity contribution in [2.24, 2.45) is 5.10 Å². The quantitative estimate of drug-likeness (QED) is 0.295. The Morgan fingerprint density at radius 3 is 2.41 bits per heavy atom. The first-order valence-corrected chi connectivity index (χ1v) is 11.2. The van der Waals surface area contributed by atoms with Crippen molar-refractivity contribution in [2.75, 3.05) is 18.5 Å². The second kappa shape index (κ2) is 12.5. The fourth-order valence-corrected chi connectivity index (χ4v) is 3.32. The summed E-state index contributed by atoms with van der Waals surface area (Å²) in [6.07, 6.45) is 1.53. The van der Waals surface area contributed by atoms with Gasteiger partial charge in [-0.25, -0.2) is 9.82 Å². The van der Waals surface area contributed by atoms with Gasteiger partial charge >= 0.3 is 0 Å². The Morgan fingerprint density at radius 2 is 1.71 bits per heavy atom. The molecule has 2 N–H and O–H groups in total. The van der Waals surface area contributed by atoms with Gasteiger partial charge < -0.3 is 14.8 Å². The molecule has 176 valence electrons. The van der Waals surface area contributed by atoms with Crippen molar-refractivity contribution in [2.45, 2.75) is 13.3 Å². The minimum Gasteiger partial charge on any atom is -0.490 e. The van der Waals surface area contributed by atoms with E-state index in [1.54, 1.807) is 36.4 Å². The maximum atomic E-state index is 13.0. The Kier molecular flexibility index (Phi) is 9.16. The van der Waals surface area contributed by atoms with E-state index in [9.17, 15) is 14.0 Å². The maximum Gasteiger partial charge on any atom is 0.262 e. The van der Waals surface area contributed by atoms with Crippen LogP contribution in [0.4, 0.5) is 10.1 Å². The number of ether oxygens (including phenoxy) is 2. The Labute approximate surface area is 205 Å². The molecule has 3 rings (SSSR count). The molecule has 9 heteroatoms. The molecular formula is C25H23BrFN3O4. The number of nitrogens with one attached hydrogen (secondary N) is 2. The van der Waals surface area contributed by atoms with Crippen LogP contribution in [0, 0.1) is 5.82 Å². The van der Waals surface area contributed by atoms with Crippen LogP contribution in [0.2, 0.25) is 0 Å². The molecule has 0 saturated carbocycles. The van der Waals surface area contributed by atoms with Crippen LogP contribution in [0.1, 0.15) is 18.1 Å². The zero-order chi connectivity index (χ0) is 24.3. The summed E-state index contributed by atoms with van der Waals surface area (Å²) < 4.78 is 24.9. The highest BCUT2D eigenvalue weighted by molar-refractivity contribution is 9.10. The molecular weight excluding hydrogens is 505 g/mol. The van der Waals surface area contributed by atoms with Crippen LogP contribution in [0.15, 0.2) is 76.3 Å². The van der Waals surface area contributed by atoms with Gasteiger partial charge in [0, 0.05) is 15.7 Å². The highest BCUT2D eigenvalue weighted by Gasteiger charge is 2.12. The lowest BCUT2D eigenvalue weighted by atomic mass is 10.1. The zero-order valence-corrected chi connectivity index (χ0v) is 20.0. The third-order valence-corrected chi connectivity index (χ3v) is 5.14. The van der Waals surface area contributed by atoms with Gasteiger partial charge in [0.2, 0.25) is 5.91 Å². The van der Waals surface area contributed by atoms with E-state index in [1.807, 2.05) is 25.1 Å². The lowest BCUT2D eigenvalue weighted by Gasteiger charge is -2.14. The standard InChI is InChI=1S/C25H23BrFN3O4/c1-2-33-22-13-18(15-28-30-24(31)12-17-8-10-19(27)11-9-17)21(26)14-23(22)34-16-25(32)29-20-6-4-3-5-7-20/h3-11,13-15H,2,12,16H2,1H3,(H,29,32)(H,30,31)/b28-15+. The molecule has 0 aliphatic carbocycles. The van der Waals surface area contributed by atoms with Crippen LogP contribution in [0.3, 0.4) is 0 Å². The normalized spacial score (nSPS) is 10.7. The van der Waals surface area contributed by atoms with Gasteiger partial charge in [-0.05, 0) is 64.8 Å². The van der Waals surface area contributed by atoms with Gasteiger partial charge in [-0.2, -0.15) is 5.10 Å². The summed E-state index contributed by atoms with van der Waals surface area (Å²) in [5.74, 6) is -0.194. The monoisotopic (exact) mass is 527 g/mol. The van der Waals surface area contributed by atoms with Crippen LogP contribution in [-0.4, -0.2) is 31.2 Å². The van der Waals surface area contributed by atoms with Gasteiger partial charge in [0.15, 0.2) is 18.1 Å². The number of hydrogen-bond acceptors (Lipinski definition) is 5. The van der Waals surface area contributed by atoms with Crippen LogP contribution in [0.25, 0.3) is 0 Å². The first-order valence-electron chi connectivity index (χ1n) is 10.4. The Balaban J connectivity index is 1.61. The van der Waals surface area contributed by atoms with Crippen LogP contribution in [0.5, 0.6) is 11.5 Å². The predicted molar refractivity (Wildman–Crippen MR) is 132 cm³/mol. The number of carbonyl (C=O) groups excluding carboxylic acids is 2. The summed E-state index contributed by atoms with van der Waals surface area (Å²) in [6, 6.07) is 18.1. The second-order valence-corrected chi connectivity index (χ2v) is 7.91. The number of anilines is 1. The van der Waals surface area contributed by atoms with E-state index >= 15 is 0 Å². The summed E-state index contributed by atoms with van der Waals surface area (Å²) in [5, 5.41) is 6.73. The van der Waals surface area contributed by atoms with Gasteiger partial charge in [0.25, 0.3) is 5.91 Å². The van der Waals surface area contributed by atoms with Crippen LogP contribution in [-0.2, 0) is 16.0 Å². The summed E-state index contributed by atoms with van der Waals surface area (Å²) in [5.41, 5.74) is 4.42. The number of para-hydroxylation sites is 1. The van der Waals surface area contributed by atoms with Crippen molar-refractivity contribution in [3.05, 3.63) is 88.1 Å². The summed E-state index contributed by atoms with van der Waals surface area (Å²) in [4.78, 5) is 24.3. The Hall–Kier alpha value is -3.72. The number of amides is 2. The van der Waals surface area contributed by atoms with E-state index in [-0.39, 0.29) is 30.7 Å². The molecule has 0 saturated heterocycles. The lowest BCUT2D eigenvalue weighted by Crippen LogP contribution is -2.20. The zero-order valence-electron chi connectivity index (χ0n) is 18.4. The molecule has 0 aliphatic rings.